The summed E-state index contributed by atoms with van der Waals surface area (Å²) in [7, 11) is 1.64. The van der Waals surface area contributed by atoms with E-state index in [1.54, 1.807) is 7.05 Å². The molecule has 1 rings (SSSR count). The van der Waals surface area contributed by atoms with Crippen LogP contribution in [0.1, 0.15) is 26.2 Å². The summed E-state index contributed by atoms with van der Waals surface area (Å²) in [5, 5.41) is 2.64. The molecule has 0 spiro atoms. The van der Waals surface area contributed by atoms with E-state index in [1.807, 2.05) is 11.8 Å². The van der Waals surface area contributed by atoms with Crippen LogP contribution in [0.2, 0.25) is 0 Å². The van der Waals surface area contributed by atoms with Gasteiger partial charge in [-0.25, -0.2) is 0 Å². The SMILES string of the molecule is CCC(=O)CN1CCCC1C(=O)NC. The lowest BCUT2D eigenvalue weighted by Crippen LogP contribution is -2.43. The van der Waals surface area contributed by atoms with Gasteiger partial charge in [0.1, 0.15) is 5.78 Å². The van der Waals surface area contributed by atoms with Crippen LogP contribution in [0.4, 0.5) is 0 Å². The Labute approximate surface area is 84.7 Å². The summed E-state index contributed by atoms with van der Waals surface area (Å²) in [6, 6.07) is -0.0875. The molecule has 1 fully saturated rings. The molecule has 0 aromatic heterocycles. The Morgan fingerprint density at radius 1 is 1.50 bits per heavy atom. The first kappa shape index (κ1) is 11.2. The van der Waals surface area contributed by atoms with Crippen LogP contribution in [-0.4, -0.2) is 42.8 Å². The zero-order chi connectivity index (χ0) is 10.6. The van der Waals surface area contributed by atoms with Crippen molar-refractivity contribution in [2.45, 2.75) is 32.2 Å². The largest absolute Gasteiger partial charge is 0.358 e. The lowest BCUT2D eigenvalue weighted by molar-refractivity contribution is -0.126. The first-order valence-electron chi connectivity index (χ1n) is 5.16. The van der Waals surface area contributed by atoms with Crippen molar-refractivity contribution in [3.05, 3.63) is 0 Å². The van der Waals surface area contributed by atoms with Gasteiger partial charge in [0, 0.05) is 13.5 Å². The molecule has 0 radical (unpaired) electrons. The van der Waals surface area contributed by atoms with Gasteiger partial charge >= 0.3 is 0 Å². The van der Waals surface area contributed by atoms with E-state index in [-0.39, 0.29) is 17.7 Å². The fourth-order valence-electron chi connectivity index (χ4n) is 1.82. The molecule has 0 aliphatic carbocycles. The molecular weight excluding hydrogens is 180 g/mol. The second-order valence-corrected chi connectivity index (χ2v) is 3.63. The third-order valence-electron chi connectivity index (χ3n) is 2.69. The lowest BCUT2D eigenvalue weighted by Gasteiger charge is -2.21. The number of hydrogen-bond acceptors (Lipinski definition) is 3. The third kappa shape index (κ3) is 2.54. The number of ketones is 1. The molecule has 1 aliphatic rings. The van der Waals surface area contributed by atoms with Crippen molar-refractivity contribution in [2.75, 3.05) is 20.1 Å². The number of carbonyl (C=O) groups excluding carboxylic acids is 2. The molecule has 1 aliphatic heterocycles. The Bertz CT molecular complexity index is 228. The highest BCUT2D eigenvalue weighted by molar-refractivity contribution is 5.84. The summed E-state index contributed by atoms with van der Waals surface area (Å²) in [4.78, 5) is 24.7. The van der Waals surface area contributed by atoms with Crippen LogP contribution < -0.4 is 5.32 Å². The molecule has 4 heteroatoms. The molecule has 0 aromatic carbocycles. The Hall–Kier alpha value is -0.900. The van der Waals surface area contributed by atoms with Gasteiger partial charge in [-0.15, -0.1) is 0 Å². The molecule has 1 atom stereocenters. The summed E-state index contributed by atoms with van der Waals surface area (Å²) in [6.07, 6.45) is 2.43. The van der Waals surface area contributed by atoms with Gasteiger partial charge in [-0.05, 0) is 19.4 Å². The number of carbonyl (C=O) groups is 2. The van der Waals surface area contributed by atoms with Crippen molar-refractivity contribution in [3.63, 3.8) is 0 Å². The number of likely N-dealkylation sites (N-methyl/N-ethyl adjacent to an activating group) is 1. The zero-order valence-electron chi connectivity index (χ0n) is 8.88. The zero-order valence-corrected chi connectivity index (χ0v) is 8.88. The van der Waals surface area contributed by atoms with Crippen molar-refractivity contribution in [1.29, 1.82) is 0 Å². The second-order valence-electron chi connectivity index (χ2n) is 3.63. The van der Waals surface area contributed by atoms with Crippen LogP contribution in [0.25, 0.3) is 0 Å². The van der Waals surface area contributed by atoms with E-state index in [2.05, 4.69) is 5.32 Å². The molecule has 0 saturated carbocycles. The van der Waals surface area contributed by atoms with Crippen molar-refractivity contribution in [1.82, 2.24) is 10.2 Å². The number of hydrogen-bond donors (Lipinski definition) is 1. The smallest absolute Gasteiger partial charge is 0.237 e. The molecule has 0 aromatic rings. The van der Waals surface area contributed by atoms with E-state index in [4.69, 9.17) is 0 Å². The van der Waals surface area contributed by atoms with E-state index in [9.17, 15) is 9.59 Å². The predicted molar refractivity (Wildman–Crippen MR) is 54.0 cm³/mol. The minimum Gasteiger partial charge on any atom is -0.358 e. The van der Waals surface area contributed by atoms with Gasteiger partial charge in [0.05, 0.1) is 12.6 Å². The topological polar surface area (TPSA) is 49.4 Å². The number of rotatable bonds is 4. The fraction of sp³-hybridized carbons (Fsp3) is 0.800. The quantitative estimate of drug-likeness (QED) is 0.701. The van der Waals surface area contributed by atoms with Gasteiger partial charge in [0.2, 0.25) is 5.91 Å². The van der Waals surface area contributed by atoms with Gasteiger partial charge in [-0.2, -0.15) is 0 Å². The maximum absolute atomic E-state index is 11.4. The molecule has 1 saturated heterocycles. The first-order chi connectivity index (χ1) is 6.69. The van der Waals surface area contributed by atoms with Crippen LogP contribution in [-0.2, 0) is 9.59 Å². The normalized spacial score (nSPS) is 22.3. The summed E-state index contributed by atoms with van der Waals surface area (Å²) in [6.45, 7) is 3.14. The van der Waals surface area contributed by atoms with Crippen molar-refractivity contribution < 1.29 is 9.59 Å². The van der Waals surface area contributed by atoms with Crippen LogP contribution in [0, 0.1) is 0 Å². The van der Waals surface area contributed by atoms with Crippen molar-refractivity contribution in [3.8, 4) is 0 Å². The molecule has 0 bridgehead atoms. The van der Waals surface area contributed by atoms with E-state index in [0.717, 1.165) is 19.4 Å². The molecule has 1 unspecified atom stereocenters. The molecule has 1 heterocycles. The van der Waals surface area contributed by atoms with E-state index in [0.29, 0.717) is 13.0 Å². The average Bonchev–Trinajstić information content (AvgIpc) is 2.64. The Balaban J connectivity index is 2.51. The van der Waals surface area contributed by atoms with Crippen LogP contribution in [0.5, 0.6) is 0 Å². The van der Waals surface area contributed by atoms with Gasteiger partial charge in [0.25, 0.3) is 0 Å². The summed E-state index contributed by atoms with van der Waals surface area (Å²) < 4.78 is 0. The summed E-state index contributed by atoms with van der Waals surface area (Å²) in [5.41, 5.74) is 0. The number of amides is 1. The van der Waals surface area contributed by atoms with Crippen LogP contribution in [0.3, 0.4) is 0 Å². The molecule has 1 amide bonds. The maximum Gasteiger partial charge on any atom is 0.237 e. The molecular formula is C10H18N2O2. The van der Waals surface area contributed by atoms with Crippen LogP contribution in [0.15, 0.2) is 0 Å². The monoisotopic (exact) mass is 198 g/mol. The minimum atomic E-state index is -0.0875. The van der Waals surface area contributed by atoms with Crippen LogP contribution >= 0.6 is 0 Å². The first-order valence-corrected chi connectivity index (χ1v) is 5.16. The number of nitrogens with one attached hydrogen (secondary N) is 1. The van der Waals surface area contributed by atoms with Crippen molar-refractivity contribution >= 4 is 11.7 Å². The van der Waals surface area contributed by atoms with Crippen molar-refractivity contribution in [2.24, 2.45) is 0 Å². The number of likely N-dealkylation sites (tertiary alicyclic amines) is 1. The number of Topliss-reactive ketones (excluding diaryl/α,β-unsaturated/α-hetero) is 1. The van der Waals surface area contributed by atoms with Gasteiger partial charge in [0.15, 0.2) is 0 Å². The predicted octanol–water partition coefficient (Wildman–Crippen LogP) is 0.176. The average molecular weight is 198 g/mol. The molecule has 4 nitrogen and oxygen atoms in total. The summed E-state index contributed by atoms with van der Waals surface area (Å²) in [5.74, 6) is 0.243. The highest BCUT2D eigenvalue weighted by Crippen LogP contribution is 2.16. The van der Waals surface area contributed by atoms with E-state index in [1.165, 1.54) is 0 Å². The Morgan fingerprint density at radius 2 is 2.21 bits per heavy atom. The molecule has 14 heavy (non-hydrogen) atoms. The lowest BCUT2D eigenvalue weighted by atomic mass is 10.2. The minimum absolute atomic E-state index is 0.0337. The van der Waals surface area contributed by atoms with Gasteiger partial charge < -0.3 is 5.32 Å². The fourth-order valence-corrected chi connectivity index (χ4v) is 1.82. The second kappa shape index (κ2) is 5.10. The standard InChI is InChI=1S/C10H18N2O2/c1-3-8(13)7-12-6-4-5-9(12)10(14)11-2/h9H,3-7H2,1-2H3,(H,11,14). The maximum atomic E-state index is 11.4. The van der Waals surface area contributed by atoms with E-state index < -0.39 is 0 Å². The highest BCUT2D eigenvalue weighted by atomic mass is 16.2. The summed E-state index contributed by atoms with van der Waals surface area (Å²) >= 11 is 0. The van der Waals surface area contributed by atoms with Gasteiger partial charge in [-0.1, -0.05) is 6.92 Å². The third-order valence-corrected chi connectivity index (χ3v) is 2.69. The number of nitrogens with zero attached hydrogens (tertiary/aromatic N) is 1. The highest BCUT2D eigenvalue weighted by Gasteiger charge is 2.30. The van der Waals surface area contributed by atoms with Gasteiger partial charge in [-0.3, -0.25) is 14.5 Å². The molecule has 80 valence electrons. The molecule has 1 N–H and O–H groups in total. The van der Waals surface area contributed by atoms with E-state index >= 15 is 0 Å². The Kier molecular flexibility index (Phi) is 4.07. The Morgan fingerprint density at radius 3 is 2.79 bits per heavy atom.